The number of aliphatic hydroxyl groups excluding tert-OH is 1. The van der Waals surface area contributed by atoms with E-state index in [-0.39, 0.29) is 0 Å². The highest BCUT2D eigenvalue weighted by atomic mass is 35.5. The van der Waals surface area contributed by atoms with Gasteiger partial charge in [-0.2, -0.15) is 0 Å². The van der Waals surface area contributed by atoms with E-state index in [2.05, 4.69) is 20.5 Å². The third-order valence-corrected chi connectivity index (χ3v) is 5.41. The smallest absolute Gasteiger partial charge is 0.191 e. The predicted molar refractivity (Wildman–Crippen MR) is 103 cm³/mol. The summed E-state index contributed by atoms with van der Waals surface area (Å²) in [7, 11) is 0. The average Bonchev–Trinajstić information content (AvgIpc) is 3.23. The van der Waals surface area contributed by atoms with Gasteiger partial charge in [0.05, 0.1) is 10.9 Å². The summed E-state index contributed by atoms with van der Waals surface area (Å²) in [6.07, 6.45) is 4.45. The molecule has 1 aromatic rings. The van der Waals surface area contributed by atoms with Gasteiger partial charge < -0.3 is 20.6 Å². The first-order valence-electron chi connectivity index (χ1n) is 8.87. The maximum atomic E-state index is 10.2. The highest BCUT2D eigenvalue weighted by molar-refractivity contribution is 7.16. The van der Waals surface area contributed by atoms with Crippen molar-refractivity contribution in [2.45, 2.75) is 38.7 Å². The Morgan fingerprint density at radius 2 is 2.12 bits per heavy atom. The number of rotatable bonds is 9. The molecule has 1 unspecified atom stereocenters. The highest BCUT2D eigenvalue weighted by Crippen LogP contribution is 2.26. The van der Waals surface area contributed by atoms with Crippen molar-refractivity contribution < 1.29 is 5.11 Å². The molecule has 0 bridgehead atoms. The number of hydrogen-bond acceptors (Lipinski definition) is 4. The molecule has 1 aliphatic rings. The molecule has 136 valence electrons. The van der Waals surface area contributed by atoms with Gasteiger partial charge in [-0.15, -0.1) is 11.3 Å². The summed E-state index contributed by atoms with van der Waals surface area (Å²) in [5, 5.41) is 16.7. The molecular formula is C17H29ClN4OS. The van der Waals surface area contributed by atoms with Crippen LogP contribution in [-0.4, -0.2) is 55.2 Å². The Labute approximate surface area is 154 Å². The summed E-state index contributed by atoms with van der Waals surface area (Å²) in [6.45, 7) is 7.82. The van der Waals surface area contributed by atoms with Gasteiger partial charge in [-0.3, -0.25) is 4.99 Å². The van der Waals surface area contributed by atoms with Gasteiger partial charge >= 0.3 is 0 Å². The van der Waals surface area contributed by atoms with Crippen LogP contribution >= 0.6 is 22.9 Å². The number of halogens is 1. The number of nitrogens with zero attached hydrogens (tertiary/aromatic N) is 2. The van der Waals surface area contributed by atoms with Crippen molar-refractivity contribution in [3.8, 4) is 0 Å². The average molecular weight is 373 g/mol. The van der Waals surface area contributed by atoms with Gasteiger partial charge in [0, 0.05) is 18.0 Å². The topological polar surface area (TPSA) is 59.9 Å². The zero-order valence-corrected chi connectivity index (χ0v) is 16.0. The first-order chi connectivity index (χ1) is 11.7. The quantitative estimate of drug-likeness (QED) is 0.354. The summed E-state index contributed by atoms with van der Waals surface area (Å²) < 4.78 is 0.691. The van der Waals surface area contributed by atoms with Gasteiger partial charge in [-0.25, -0.2) is 0 Å². The minimum Gasteiger partial charge on any atom is -0.386 e. The molecule has 1 saturated heterocycles. The van der Waals surface area contributed by atoms with E-state index in [1.165, 1.54) is 50.2 Å². The second-order valence-corrected chi connectivity index (χ2v) is 7.81. The van der Waals surface area contributed by atoms with Crippen molar-refractivity contribution in [3.05, 3.63) is 21.3 Å². The van der Waals surface area contributed by atoms with E-state index >= 15 is 0 Å². The van der Waals surface area contributed by atoms with E-state index in [0.717, 1.165) is 30.3 Å². The van der Waals surface area contributed by atoms with Gasteiger partial charge in [-0.05, 0) is 64.4 Å². The lowest BCUT2D eigenvalue weighted by molar-refractivity contribution is 0.191. The van der Waals surface area contributed by atoms with Crippen LogP contribution in [0.15, 0.2) is 17.1 Å². The number of nitrogens with one attached hydrogen (secondary N) is 2. The van der Waals surface area contributed by atoms with Crippen LogP contribution in [0.3, 0.4) is 0 Å². The lowest BCUT2D eigenvalue weighted by atomic mass is 10.3. The van der Waals surface area contributed by atoms with Gasteiger partial charge in [0.1, 0.15) is 6.10 Å². The molecule has 1 aliphatic heterocycles. The minimum absolute atomic E-state index is 0.333. The van der Waals surface area contributed by atoms with Crippen molar-refractivity contribution in [2.24, 2.45) is 4.99 Å². The number of likely N-dealkylation sites (tertiary alicyclic amines) is 1. The van der Waals surface area contributed by atoms with Crippen molar-refractivity contribution in [2.75, 3.05) is 39.3 Å². The molecule has 24 heavy (non-hydrogen) atoms. The molecule has 1 fully saturated rings. The Kier molecular flexibility index (Phi) is 8.88. The zero-order valence-electron chi connectivity index (χ0n) is 14.4. The van der Waals surface area contributed by atoms with E-state index in [4.69, 9.17) is 11.6 Å². The summed E-state index contributed by atoms with van der Waals surface area (Å²) in [5.41, 5.74) is 0. The van der Waals surface area contributed by atoms with Crippen molar-refractivity contribution in [1.29, 1.82) is 0 Å². The van der Waals surface area contributed by atoms with E-state index < -0.39 is 6.10 Å². The fraction of sp³-hybridized carbons (Fsp3) is 0.706. The van der Waals surface area contributed by atoms with Gasteiger partial charge in [0.25, 0.3) is 0 Å². The van der Waals surface area contributed by atoms with Crippen LogP contribution in [-0.2, 0) is 0 Å². The van der Waals surface area contributed by atoms with Crippen LogP contribution in [0.25, 0.3) is 0 Å². The Morgan fingerprint density at radius 1 is 1.33 bits per heavy atom. The molecule has 0 spiro atoms. The van der Waals surface area contributed by atoms with Crippen molar-refractivity contribution >= 4 is 28.9 Å². The first kappa shape index (κ1) is 19.5. The predicted octanol–water partition coefficient (Wildman–Crippen LogP) is 2.87. The number of aliphatic imine (C=N–C) groups is 1. The molecular weight excluding hydrogens is 344 g/mol. The number of thiophene rings is 1. The minimum atomic E-state index is -0.604. The molecule has 2 heterocycles. The molecule has 0 aromatic carbocycles. The summed E-state index contributed by atoms with van der Waals surface area (Å²) in [5.74, 6) is 0.764. The van der Waals surface area contributed by atoms with E-state index in [0.29, 0.717) is 10.9 Å². The van der Waals surface area contributed by atoms with E-state index in [1.54, 1.807) is 6.07 Å². The Bertz CT molecular complexity index is 503. The molecule has 3 N–H and O–H groups in total. The summed E-state index contributed by atoms with van der Waals surface area (Å²) in [4.78, 5) is 7.87. The monoisotopic (exact) mass is 372 g/mol. The first-order valence-corrected chi connectivity index (χ1v) is 10.1. The van der Waals surface area contributed by atoms with Crippen LogP contribution in [0.4, 0.5) is 0 Å². The molecule has 0 saturated carbocycles. The third-order valence-electron chi connectivity index (χ3n) is 4.08. The molecule has 0 aliphatic carbocycles. The maximum Gasteiger partial charge on any atom is 0.191 e. The van der Waals surface area contributed by atoms with Crippen molar-refractivity contribution in [3.63, 3.8) is 0 Å². The largest absolute Gasteiger partial charge is 0.386 e. The van der Waals surface area contributed by atoms with Crippen LogP contribution in [0, 0.1) is 0 Å². The molecule has 1 aromatic heterocycles. The number of hydrogen-bond donors (Lipinski definition) is 3. The Balaban J connectivity index is 1.67. The molecule has 0 amide bonds. The second kappa shape index (κ2) is 10.9. The molecule has 5 nitrogen and oxygen atoms in total. The second-order valence-electron chi connectivity index (χ2n) is 6.06. The normalized spacial score (nSPS) is 17.2. The lowest BCUT2D eigenvalue weighted by Gasteiger charge is -2.15. The van der Waals surface area contributed by atoms with Crippen LogP contribution in [0.5, 0.6) is 0 Å². The van der Waals surface area contributed by atoms with Crippen molar-refractivity contribution in [1.82, 2.24) is 15.5 Å². The Hall–Kier alpha value is -0.820. The number of unbranched alkanes of at least 4 members (excludes halogenated alkanes) is 1. The Morgan fingerprint density at radius 3 is 2.79 bits per heavy atom. The van der Waals surface area contributed by atoms with Gasteiger partial charge in [0.2, 0.25) is 0 Å². The highest BCUT2D eigenvalue weighted by Gasteiger charge is 2.11. The third kappa shape index (κ3) is 6.97. The van der Waals surface area contributed by atoms with Gasteiger partial charge in [-0.1, -0.05) is 11.6 Å². The zero-order chi connectivity index (χ0) is 17.2. The number of guanidine groups is 1. The molecule has 2 rings (SSSR count). The fourth-order valence-electron chi connectivity index (χ4n) is 2.79. The van der Waals surface area contributed by atoms with E-state index in [1.807, 2.05) is 13.0 Å². The summed E-state index contributed by atoms with van der Waals surface area (Å²) >= 11 is 7.30. The van der Waals surface area contributed by atoms with Crippen LogP contribution in [0.1, 0.15) is 43.6 Å². The molecule has 0 radical (unpaired) electrons. The van der Waals surface area contributed by atoms with E-state index in [9.17, 15) is 5.11 Å². The fourth-order valence-corrected chi connectivity index (χ4v) is 3.83. The maximum absolute atomic E-state index is 10.2. The molecule has 1 atom stereocenters. The standard InChI is InChI=1S/C17H29ClN4OS/c1-2-19-17(20-9-3-4-10-22-11-5-6-12-22)21-13-14(23)15-7-8-16(18)24-15/h7-8,14,23H,2-6,9-13H2,1H3,(H2,19,20,21). The van der Waals surface area contributed by atoms with Crippen LogP contribution in [0.2, 0.25) is 4.34 Å². The van der Waals surface area contributed by atoms with Crippen LogP contribution < -0.4 is 10.6 Å². The SMILES string of the molecule is CCNC(=NCC(O)c1ccc(Cl)s1)NCCCCN1CCCC1. The lowest BCUT2D eigenvalue weighted by Crippen LogP contribution is -2.38. The number of aliphatic hydroxyl groups is 1. The summed E-state index contributed by atoms with van der Waals surface area (Å²) in [6, 6.07) is 3.66. The molecule has 7 heteroatoms. The van der Waals surface area contributed by atoms with Gasteiger partial charge in [0.15, 0.2) is 5.96 Å².